The fraction of sp³-hybridized carbons (Fsp3) is 0.457. The number of amides is 7. The summed E-state index contributed by atoms with van der Waals surface area (Å²) >= 11 is 4.05. The molecule has 0 atom stereocenters. The Morgan fingerprint density at radius 3 is 1.74 bits per heavy atom. The Bertz CT molecular complexity index is 2160. The van der Waals surface area contributed by atoms with E-state index in [-0.39, 0.29) is 77.3 Å². The van der Waals surface area contributed by atoms with Crippen LogP contribution in [0.15, 0.2) is 79.4 Å². The highest BCUT2D eigenvalue weighted by Gasteiger charge is 2.30. The van der Waals surface area contributed by atoms with Crippen molar-refractivity contribution in [2.45, 2.75) is 32.5 Å². The summed E-state index contributed by atoms with van der Waals surface area (Å²) in [6.45, 7) is -2.96. The lowest BCUT2D eigenvalue weighted by atomic mass is 10.2. The largest absolute Gasteiger partial charge is 0.481 e. The summed E-state index contributed by atoms with van der Waals surface area (Å²) < 4.78 is 5.24. The Balaban J connectivity index is 1.92. The molecule has 7 amide bonds. The maximum absolute atomic E-state index is 14.5. The first-order valence-corrected chi connectivity index (χ1v) is 23.0. The Morgan fingerprint density at radius 1 is 0.657 bits per heavy atom. The Morgan fingerprint density at radius 2 is 1.19 bits per heavy atom. The van der Waals surface area contributed by atoms with Crippen LogP contribution in [0.25, 0.3) is 0 Å². The third kappa shape index (κ3) is 22.3. The number of carbonyl (C=O) groups is 8. The zero-order valence-electron chi connectivity index (χ0n) is 39.7. The minimum Gasteiger partial charge on any atom is -0.481 e. The maximum Gasteiger partial charge on any atom is 0.305 e. The molecule has 1 aromatic carbocycles. The summed E-state index contributed by atoms with van der Waals surface area (Å²) in [4.78, 5) is 123. The van der Waals surface area contributed by atoms with Crippen molar-refractivity contribution in [3.63, 3.8) is 0 Å². The first-order valence-electron chi connectivity index (χ1n) is 22.4. The molecule has 0 aliphatic heterocycles. The van der Waals surface area contributed by atoms with Crippen molar-refractivity contribution in [3.05, 3.63) is 96.1 Å². The number of pyridine rings is 2. The van der Waals surface area contributed by atoms with Crippen LogP contribution >= 0.6 is 12.6 Å². The first-order chi connectivity index (χ1) is 33.6. The highest BCUT2D eigenvalue weighted by Crippen LogP contribution is 2.11. The molecule has 0 saturated heterocycles. The number of guanidine groups is 1. The normalized spacial score (nSPS) is 10.6. The molecule has 0 bridgehead atoms. The highest BCUT2D eigenvalue weighted by molar-refractivity contribution is 7.80. The Hall–Kier alpha value is -7.18. The molecule has 2 heterocycles. The second kappa shape index (κ2) is 31.8. The van der Waals surface area contributed by atoms with Crippen LogP contribution in [0.4, 0.5) is 0 Å². The lowest BCUT2D eigenvalue weighted by Gasteiger charge is -2.32. The number of nitrogens with two attached hydrogens (primary N) is 1. The second-order valence-corrected chi connectivity index (χ2v) is 16.4. The summed E-state index contributed by atoms with van der Waals surface area (Å²) in [5, 5.41) is 25.4. The van der Waals surface area contributed by atoms with Crippen LogP contribution in [-0.4, -0.2) is 203 Å². The number of rotatable bonds is 32. The minimum absolute atomic E-state index is 0.0350. The van der Waals surface area contributed by atoms with Crippen molar-refractivity contribution in [2.75, 3.05) is 105 Å². The van der Waals surface area contributed by atoms with E-state index < -0.39 is 87.1 Å². The summed E-state index contributed by atoms with van der Waals surface area (Å²) in [5.41, 5.74) is 7.54. The number of benzene rings is 1. The number of nitrogens with zero attached hydrogens (tertiary/aromatic N) is 8. The van der Waals surface area contributed by atoms with Gasteiger partial charge < -0.3 is 60.9 Å². The van der Waals surface area contributed by atoms with Crippen LogP contribution in [-0.2, 0) is 62.7 Å². The van der Waals surface area contributed by atoms with E-state index in [2.05, 4.69) is 38.5 Å². The number of thiol groups is 1. The zero-order chi connectivity index (χ0) is 51.3. The van der Waals surface area contributed by atoms with Crippen molar-refractivity contribution >= 4 is 65.9 Å². The lowest BCUT2D eigenvalue weighted by Crippen LogP contribution is -2.52. The van der Waals surface area contributed by atoms with E-state index in [4.69, 9.17) is 15.9 Å². The van der Waals surface area contributed by atoms with Gasteiger partial charge in [-0.3, -0.25) is 53.7 Å². The van der Waals surface area contributed by atoms with E-state index in [0.29, 0.717) is 23.4 Å². The van der Waals surface area contributed by atoms with Gasteiger partial charge in [-0.25, -0.2) is 0 Å². The van der Waals surface area contributed by atoms with Gasteiger partial charge in [-0.15, -0.1) is 0 Å². The topological polar surface area (TPSA) is 297 Å². The summed E-state index contributed by atoms with van der Waals surface area (Å²) in [7, 11) is 2.82. The molecule has 23 nitrogen and oxygen atoms in total. The van der Waals surface area contributed by atoms with Gasteiger partial charge in [0.2, 0.25) is 41.4 Å². The summed E-state index contributed by atoms with van der Waals surface area (Å²) in [6, 6.07) is 15.8. The van der Waals surface area contributed by atoms with Crippen LogP contribution in [0.2, 0.25) is 0 Å². The molecule has 380 valence electrons. The number of carboxylic acid groups (broad SMARTS) is 1. The summed E-state index contributed by atoms with van der Waals surface area (Å²) in [5.74, 6) is -5.45. The van der Waals surface area contributed by atoms with Crippen LogP contribution < -0.4 is 21.7 Å². The maximum atomic E-state index is 14.5. The average Bonchev–Trinajstić information content (AvgIpc) is 3.34. The van der Waals surface area contributed by atoms with Crippen molar-refractivity contribution in [2.24, 2.45) is 5.73 Å². The number of likely N-dealkylation sites (N-methyl/N-ethyl adjacent to an activating group) is 1. The number of nitrogens with one attached hydrogen (secondary N) is 4. The number of methoxy groups -OCH3 is 1. The van der Waals surface area contributed by atoms with Crippen LogP contribution in [0.3, 0.4) is 0 Å². The second-order valence-electron chi connectivity index (χ2n) is 15.9. The average molecular weight is 992 g/mol. The van der Waals surface area contributed by atoms with Crippen molar-refractivity contribution in [1.82, 2.24) is 55.3 Å². The van der Waals surface area contributed by atoms with Gasteiger partial charge in [0, 0.05) is 97.1 Å². The molecule has 2 aromatic heterocycles. The molecular weight excluding hydrogens is 927 g/mol. The Kier molecular flexibility index (Phi) is 25.9. The van der Waals surface area contributed by atoms with E-state index in [9.17, 15) is 43.5 Å². The van der Waals surface area contributed by atoms with Crippen molar-refractivity contribution < 1.29 is 48.2 Å². The molecule has 0 saturated carbocycles. The molecule has 70 heavy (non-hydrogen) atoms. The Labute approximate surface area is 413 Å². The van der Waals surface area contributed by atoms with E-state index in [1.54, 1.807) is 60.9 Å². The number of hydrogen-bond donors (Lipinski definition) is 7. The number of aromatic nitrogens is 2. The molecule has 3 rings (SSSR count). The fourth-order valence-electron chi connectivity index (χ4n) is 6.60. The molecule has 0 aliphatic rings. The number of hydrogen-bond acceptors (Lipinski definition) is 14. The molecule has 0 aliphatic carbocycles. The van der Waals surface area contributed by atoms with Gasteiger partial charge in [-0.2, -0.15) is 12.6 Å². The van der Waals surface area contributed by atoms with Gasteiger partial charge in [0.25, 0.3) is 0 Å². The molecule has 0 unspecified atom stereocenters. The molecule has 3 aromatic rings. The van der Waals surface area contributed by atoms with Gasteiger partial charge in [0.05, 0.1) is 45.8 Å². The van der Waals surface area contributed by atoms with E-state index >= 15 is 0 Å². The highest BCUT2D eigenvalue weighted by atomic mass is 32.1. The van der Waals surface area contributed by atoms with Crippen LogP contribution in [0.5, 0.6) is 0 Å². The van der Waals surface area contributed by atoms with Gasteiger partial charge >= 0.3 is 5.97 Å². The number of carboxylic acids is 1. The molecule has 7 N–H and O–H groups in total. The smallest absolute Gasteiger partial charge is 0.305 e. The quantitative estimate of drug-likeness (QED) is 0.0164. The molecule has 0 radical (unpaired) electrons. The van der Waals surface area contributed by atoms with Gasteiger partial charge in [-0.05, 0) is 35.2 Å². The lowest BCUT2D eigenvalue weighted by molar-refractivity contribution is -0.148. The van der Waals surface area contributed by atoms with Gasteiger partial charge in [0.1, 0.15) is 13.1 Å². The third-order valence-electron chi connectivity index (χ3n) is 10.4. The monoisotopic (exact) mass is 991 g/mol. The van der Waals surface area contributed by atoms with E-state index in [1.807, 2.05) is 6.07 Å². The predicted molar refractivity (Wildman–Crippen MR) is 260 cm³/mol. The SMILES string of the molecule is COCCN(CC(=O)N(CC(=O)N(CCCNC(=N)N)CC(=O)N(CC(=O)N(CCC(=O)O)CC(=O)N(C)CC(=O)NCCS)Cc1cccnc1)Cc1ccccc1)C(=O)CNCc1cccnc1. The molecule has 0 fully saturated rings. The molecular formula is C46H65N13O10S. The number of ether oxygens (including phenoxy) is 1. The summed E-state index contributed by atoms with van der Waals surface area (Å²) in [6.07, 6.45) is 5.96. The molecule has 0 spiro atoms. The predicted octanol–water partition coefficient (Wildman–Crippen LogP) is -1.39. The third-order valence-corrected chi connectivity index (χ3v) is 10.6. The standard InChI is InChI=1S/C46H65N13O10S/c1-54(29-38(60)52-17-22-70)40(62)30-56(19-13-45(67)68)42(64)34-59(28-37-12-7-15-50-25-37)43(65)31-55(18-8-16-53-46(47)48)41(63)33-58(27-35-9-4-3-5-10-35)44(66)32-57(20-21-69-2)39(61)26-51-24-36-11-6-14-49-23-36/h3-7,9-12,14-15,23,25,51,70H,8,13,16-22,24,26-34H2,1-2H3,(H,52,60)(H,67,68)(H4,47,48,53). The van der Waals surface area contributed by atoms with Crippen LogP contribution in [0.1, 0.15) is 29.5 Å². The first kappa shape index (κ1) is 57.1. The van der Waals surface area contributed by atoms with E-state index in [0.717, 1.165) is 20.3 Å². The van der Waals surface area contributed by atoms with E-state index in [1.165, 1.54) is 41.3 Å². The number of aliphatic carboxylic acids is 1. The molecule has 24 heteroatoms. The van der Waals surface area contributed by atoms with Gasteiger partial charge in [-0.1, -0.05) is 42.5 Å². The van der Waals surface area contributed by atoms with Crippen molar-refractivity contribution in [3.8, 4) is 0 Å². The zero-order valence-corrected chi connectivity index (χ0v) is 40.6. The van der Waals surface area contributed by atoms with Gasteiger partial charge in [0.15, 0.2) is 5.96 Å². The minimum atomic E-state index is -1.25. The fourth-order valence-corrected chi connectivity index (χ4v) is 6.71. The number of carbonyl (C=O) groups excluding carboxylic acids is 7. The van der Waals surface area contributed by atoms with Crippen LogP contribution in [0, 0.1) is 5.41 Å². The van der Waals surface area contributed by atoms with Crippen molar-refractivity contribution in [1.29, 1.82) is 5.41 Å².